The zero-order valence-corrected chi connectivity index (χ0v) is 21.1. The second kappa shape index (κ2) is 9.24. The summed E-state index contributed by atoms with van der Waals surface area (Å²) in [6, 6.07) is 6.12. The minimum absolute atomic E-state index is 0.0714. The summed E-state index contributed by atoms with van der Waals surface area (Å²) in [5.74, 6) is -0.156. The Hall–Kier alpha value is -3.83. The summed E-state index contributed by atoms with van der Waals surface area (Å²) < 4.78 is 20.9. The molecule has 5 aromatic rings. The zero-order valence-electron chi connectivity index (χ0n) is 19.5. The number of rotatable bonds is 7. The van der Waals surface area contributed by atoms with Gasteiger partial charge in [-0.25, -0.2) is 9.37 Å². The molecule has 1 saturated carbocycles. The first-order chi connectivity index (χ1) is 17.9. The van der Waals surface area contributed by atoms with Gasteiger partial charge in [-0.15, -0.1) is 5.10 Å². The molecule has 0 aliphatic heterocycles. The molecule has 0 N–H and O–H groups in total. The number of halogens is 3. The minimum atomic E-state index is -0.665. The van der Waals surface area contributed by atoms with Crippen molar-refractivity contribution in [1.29, 1.82) is 0 Å². The lowest BCUT2D eigenvalue weighted by Gasteiger charge is -2.18. The first-order valence-electron chi connectivity index (χ1n) is 11.6. The van der Waals surface area contributed by atoms with Crippen LogP contribution in [0.3, 0.4) is 0 Å². The molecular formula is C24H20Cl2FN9O. The fraction of sp³-hybridized carbons (Fsp3) is 0.250. The molecule has 0 unspecified atom stereocenters. The van der Waals surface area contributed by atoms with Crippen LogP contribution in [0.4, 0.5) is 4.39 Å². The Balaban J connectivity index is 1.41. The van der Waals surface area contributed by atoms with Crippen molar-refractivity contribution in [2.75, 3.05) is 0 Å². The smallest absolute Gasteiger partial charge is 0.217 e. The number of aromatic nitrogens is 9. The van der Waals surface area contributed by atoms with Crippen molar-refractivity contribution in [2.24, 2.45) is 13.0 Å². The molecule has 0 spiro atoms. The van der Waals surface area contributed by atoms with Crippen LogP contribution >= 0.6 is 23.2 Å². The van der Waals surface area contributed by atoms with Crippen LogP contribution in [-0.2, 0) is 7.05 Å². The largest absolute Gasteiger partial charge is 0.618 e. The van der Waals surface area contributed by atoms with Gasteiger partial charge in [0.25, 0.3) is 0 Å². The third-order valence-corrected chi connectivity index (χ3v) is 7.15. The van der Waals surface area contributed by atoms with Gasteiger partial charge in [0.05, 0.1) is 40.1 Å². The van der Waals surface area contributed by atoms with Gasteiger partial charge in [0.2, 0.25) is 5.69 Å². The molecule has 0 saturated heterocycles. The monoisotopic (exact) mass is 539 g/mol. The summed E-state index contributed by atoms with van der Waals surface area (Å²) in [6.45, 7) is 0. The van der Waals surface area contributed by atoms with Gasteiger partial charge in [0.1, 0.15) is 12.4 Å². The van der Waals surface area contributed by atoms with E-state index in [1.54, 1.807) is 35.4 Å². The third kappa shape index (κ3) is 4.34. The van der Waals surface area contributed by atoms with Gasteiger partial charge in [0, 0.05) is 24.9 Å². The van der Waals surface area contributed by atoms with Crippen molar-refractivity contribution < 1.29 is 9.12 Å². The van der Waals surface area contributed by atoms with Crippen LogP contribution in [0.25, 0.3) is 28.1 Å². The Labute approximate surface area is 220 Å². The quantitative estimate of drug-likeness (QED) is 0.224. The van der Waals surface area contributed by atoms with Crippen molar-refractivity contribution >= 4 is 23.2 Å². The molecule has 37 heavy (non-hydrogen) atoms. The Morgan fingerprint density at radius 2 is 2.00 bits per heavy atom. The number of imidazole rings is 1. The fourth-order valence-corrected chi connectivity index (χ4v) is 5.01. The van der Waals surface area contributed by atoms with Crippen molar-refractivity contribution in [1.82, 2.24) is 39.5 Å². The van der Waals surface area contributed by atoms with E-state index < -0.39 is 5.82 Å². The van der Waals surface area contributed by atoms with Crippen molar-refractivity contribution in [3.63, 3.8) is 0 Å². The standard InChI is InChI=1S/C24H20Cl2FN9O/c1-33-12-28-24(26)23(33)16-9-30-34(10-16)20(8-14-2-3-14)18-6-4-15(11-36(18)37)21-19(35-13-29-31-32-35)7-5-17(25)22(21)27/h4-7,9-14,20H,2-3,8H2,1H3/t20-/m0/s1. The van der Waals surface area contributed by atoms with Gasteiger partial charge >= 0.3 is 0 Å². The van der Waals surface area contributed by atoms with Crippen LogP contribution in [0, 0.1) is 16.9 Å². The lowest BCUT2D eigenvalue weighted by molar-refractivity contribution is -0.615. The molecule has 13 heteroatoms. The Bertz CT molecular complexity index is 1570. The van der Waals surface area contributed by atoms with E-state index in [4.69, 9.17) is 23.2 Å². The molecule has 4 aromatic heterocycles. The zero-order chi connectivity index (χ0) is 25.7. The summed E-state index contributed by atoms with van der Waals surface area (Å²) in [5, 5.41) is 29.4. The van der Waals surface area contributed by atoms with Crippen LogP contribution in [0.15, 0.2) is 55.5 Å². The van der Waals surface area contributed by atoms with Crippen molar-refractivity contribution in [2.45, 2.75) is 25.3 Å². The molecule has 6 rings (SSSR count). The van der Waals surface area contributed by atoms with Gasteiger partial charge in [-0.1, -0.05) is 36.0 Å². The maximum atomic E-state index is 15.2. The van der Waals surface area contributed by atoms with Crippen LogP contribution < -0.4 is 4.73 Å². The molecule has 4 heterocycles. The van der Waals surface area contributed by atoms with E-state index in [-0.39, 0.29) is 16.6 Å². The highest BCUT2D eigenvalue weighted by atomic mass is 35.5. The molecule has 188 valence electrons. The van der Waals surface area contributed by atoms with E-state index in [0.29, 0.717) is 28.0 Å². The highest BCUT2D eigenvalue weighted by molar-refractivity contribution is 6.32. The van der Waals surface area contributed by atoms with Crippen LogP contribution in [0.5, 0.6) is 0 Å². The lowest BCUT2D eigenvalue weighted by Crippen LogP contribution is -2.35. The Morgan fingerprint density at radius 3 is 2.68 bits per heavy atom. The van der Waals surface area contributed by atoms with Gasteiger partial charge in [-0.05, 0) is 41.0 Å². The average molecular weight is 540 g/mol. The number of aryl methyl sites for hydroxylation is 1. The average Bonchev–Trinajstić information content (AvgIpc) is 3.23. The number of hydrogen-bond acceptors (Lipinski definition) is 6. The molecule has 1 atom stereocenters. The number of pyridine rings is 1. The summed E-state index contributed by atoms with van der Waals surface area (Å²) >= 11 is 12.4. The molecule has 0 bridgehead atoms. The summed E-state index contributed by atoms with van der Waals surface area (Å²) in [4.78, 5) is 4.14. The first kappa shape index (κ1) is 23.6. The minimum Gasteiger partial charge on any atom is -0.618 e. The molecular weight excluding hydrogens is 520 g/mol. The first-order valence-corrected chi connectivity index (χ1v) is 12.3. The highest BCUT2D eigenvalue weighted by Gasteiger charge is 2.32. The van der Waals surface area contributed by atoms with Gasteiger partial charge in [-0.3, -0.25) is 4.68 Å². The van der Waals surface area contributed by atoms with Crippen molar-refractivity contribution in [3.8, 4) is 28.1 Å². The van der Waals surface area contributed by atoms with Crippen LogP contribution in [0.1, 0.15) is 31.0 Å². The summed E-state index contributed by atoms with van der Waals surface area (Å²) in [5.41, 5.74) is 2.87. The Morgan fingerprint density at radius 1 is 1.16 bits per heavy atom. The van der Waals surface area contributed by atoms with E-state index >= 15 is 4.39 Å². The van der Waals surface area contributed by atoms with E-state index in [2.05, 4.69) is 25.6 Å². The van der Waals surface area contributed by atoms with Gasteiger partial charge in [-0.2, -0.15) is 14.5 Å². The number of benzene rings is 1. The summed E-state index contributed by atoms with van der Waals surface area (Å²) in [7, 11) is 1.86. The fourth-order valence-electron chi connectivity index (χ4n) is 4.56. The maximum Gasteiger partial charge on any atom is 0.217 e. The normalized spacial score (nSPS) is 14.3. The SMILES string of the molecule is Cn1cnc(Cl)c1-c1cnn([C@@H](CC2CC2)c2ccc(-c3c(-n4cnnn4)ccc(Cl)c3F)c[n+]2[O-])c1. The van der Waals surface area contributed by atoms with Gasteiger partial charge in [0.15, 0.2) is 17.2 Å². The molecule has 1 aliphatic rings. The number of nitrogens with zero attached hydrogens (tertiary/aromatic N) is 9. The second-order valence-corrected chi connectivity index (χ2v) is 9.84. The molecule has 10 nitrogen and oxygen atoms in total. The predicted molar refractivity (Wildman–Crippen MR) is 133 cm³/mol. The van der Waals surface area contributed by atoms with E-state index in [9.17, 15) is 5.21 Å². The van der Waals surface area contributed by atoms with E-state index in [1.807, 2.05) is 17.8 Å². The summed E-state index contributed by atoms with van der Waals surface area (Å²) in [6.07, 6.45) is 10.9. The topological polar surface area (TPSA) is 106 Å². The molecule has 0 radical (unpaired) electrons. The maximum absolute atomic E-state index is 15.2. The van der Waals surface area contributed by atoms with E-state index in [1.165, 1.54) is 23.3 Å². The van der Waals surface area contributed by atoms with Crippen LogP contribution in [-0.4, -0.2) is 39.5 Å². The predicted octanol–water partition coefficient (Wildman–Crippen LogP) is 4.40. The Kier molecular flexibility index (Phi) is 5.88. The van der Waals surface area contributed by atoms with Gasteiger partial charge < -0.3 is 9.77 Å². The molecule has 0 amide bonds. The second-order valence-electron chi connectivity index (χ2n) is 9.08. The number of tetrazole rings is 1. The van der Waals surface area contributed by atoms with Crippen LogP contribution in [0.2, 0.25) is 10.2 Å². The van der Waals surface area contributed by atoms with Crippen molar-refractivity contribution in [3.05, 3.63) is 82.4 Å². The molecule has 1 aliphatic carbocycles. The molecule has 1 aromatic carbocycles. The molecule has 1 fully saturated rings. The lowest BCUT2D eigenvalue weighted by atomic mass is 10.0. The van der Waals surface area contributed by atoms with E-state index in [0.717, 1.165) is 35.3 Å². The third-order valence-electron chi connectivity index (χ3n) is 6.58. The number of hydrogen-bond donors (Lipinski definition) is 0. The highest BCUT2D eigenvalue weighted by Crippen LogP contribution is 2.40.